The van der Waals surface area contributed by atoms with Gasteiger partial charge in [-0.1, -0.05) is 19.9 Å². The highest BCUT2D eigenvalue weighted by Crippen LogP contribution is 2.35. The second-order valence-electron chi connectivity index (χ2n) is 9.55. The Morgan fingerprint density at radius 3 is 2.80 bits per heavy atom. The molecule has 0 spiro atoms. The number of amides is 2. The number of hydrogen-bond acceptors (Lipinski definition) is 5. The van der Waals surface area contributed by atoms with Gasteiger partial charge in [0.05, 0.1) is 5.56 Å². The average Bonchev–Trinajstić information content (AvgIpc) is 3.32. The standard InChI is InChI=1S/C27H28N6O2/c1-17(34)33-15-19-13-20(6-7-23(19)27(2,3)16-33)32-26(35)22-5-4-10-28-25(22)31-14-18-8-11-29-24-21(18)9-12-30-24/h4-13H,14-16H2,1-3H3,(H,28,31)(H,29,30)(H,32,35). The number of H-pyrrole nitrogens is 1. The number of aromatic nitrogens is 3. The van der Waals surface area contributed by atoms with E-state index in [2.05, 4.69) is 45.5 Å². The molecule has 0 saturated carbocycles. The quantitative estimate of drug-likeness (QED) is 0.401. The molecule has 5 rings (SSSR count). The Balaban J connectivity index is 1.35. The van der Waals surface area contributed by atoms with E-state index in [4.69, 9.17) is 0 Å². The largest absolute Gasteiger partial charge is 0.365 e. The van der Waals surface area contributed by atoms with Gasteiger partial charge in [-0.3, -0.25) is 9.59 Å². The number of nitrogens with one attached hydrogen (secondary N) is 3. The van der Waals surface area contributed by atoms with Gasteiger partial charge in [0.15, 0.2) is 0 Å². The van der Waals surface area contributed by atoms with Gasteiger partial charge in [-0.15, -0.1) is 0 Å². The third-order valence-corrected chi connectivity index (χ3v) is 6.53. The summed E-state index contributed by atoms with van der Waals surface area (Å²) < 4.78 is 0. The van der Waals surface area contributed by atoms with Gasteiger partial charge < -0.3 is 20.5 Å². The van der Waals surface area contributed by atoms with E-state index in [1.165, 1.54) is 5.56 Å². The molecular formula is C27H28N6O2. The van der Waals surface area contributed by atoms with Crippen molar-refractivity contribution in [3.63, 3.8) is 0 Å². The molecule has 0 radical (unpaired) electrons. The number of fused-ring (bicyclic) bond motifs is 2. The first-order valence-electron chi connectivity index (χ1n) is 11.6. The summed E-state index contributed by atoms with van der Waals surface area (Å²) in [5, 5.41) is 7.33. The van der Waals surface area contributed by atoms with Crippen molar-refractivity contribution in [1.82, 2.24) is 19.9 Å². The third-order valence-electron chi connectivity index (χ3n) is 6.53. The molecule has 178 valence electrons. The maximum absolute atomic E-state index is 13.2. The molecule has 3 aromatic heterocycles. The zero-order valence-corrected chi connectivity index (χ0v) is 20.1. The molecule has 8 heteroatoms. The van der Waals surface area contributed by atoms with Crippen molar-refractivity contribution >= 4 is 34.4 Å². The average molecular weight is 469 g/mol. The topological polar surface area (TPSA) is 103 Å². The highest BCUT2D eigenvalue weighted by molar-refractivity contribution is 6.07. The molecule has 35 heavy (non-hydrogen) atoms. The molecule has 2 amide bonds. The molecule has 0 bridgehead atoms. The Morgan fingerprint density at radius 2 is 1.97 bits per heavy atom. The Hall–Kier alpha value is -4.20. The molecule has 1 aliphatic heterocycles. The summed E-state index contributed by atoms with van der Waals surface area (Å²) in [6.07, 6.45) is 5.28. The molecule has 4 heterocycles. The first-order chi connectivity index (χ1) is 16.8. The summed E-state index contributed by atoms with van der Waals surface area (Å²) in [7, 11) is 0. The van der Waals surface area contributed by atoms with Crippen molar-refractivity contribution in [3.05, 3.63) is 83.3 Å². The van der Waals surface area contributed by atoms with Gasteiger partial charge in [-0.2, -0.15) is 0 Å². The predicted molar refractivity (Wildman–Crippen MR) is 136 cm³/mol. The number of carbonyl (C=O) groups excluding carboxylic acids is 2. The van der Waals surface area contributed by atoms with E-state index in [9.17, 15) is 9.59 Å². The summed E-state index contributed by atoms with van der Waals surface area (Å²) in [6, 6.07) is 13.4. The SMILES string of the molecule is CC(=O)N1Cc2cc(NC(=O)c3cccnc3NCc3ccnc4[nH]ccc34)ccc2C(C)(C)C1. The van der Waals surface area contributed by atoms with Crippen LogP contribution in [0.5, 0.6) is 0 Å². The summed E-state index contributed by atoms with van der Waals surface area (Å²) in [5.74, 6) is 0.309. The monoisotopic (exact) mass is 468 g/mol. The first-order valence-corrected chi connectivity index (χ1v) is 11.6. The first kappa shape index (κ1) is 22.6. The number of carbonyl (C=O) groups is 2. The number of hydrogen-bond donors (Lipinski definition) is 3. The molecule has 0 aliphatic carbocycles. The summed E-state index contributed by atoms with van der Waals surface area (Å²) in [6.45, 7) is 7.59. The zero-order chi connectivity index (χ0) is 24.6. The lowest BCUT2D eigenvalue weighted by molar-refractivity contribution is -0.130. The van der Waals surface area contributed by atoms with Crippen LogP contribution in [-0.4, -0.2) is 38.2 Å². The van der Waals surface area contributed by atoms with Crippen LogP contribution in [0.2, 0.25) is 0 Å². The van der Waals surface area contributed by atoms with Crippen LogP contribution in [0.4, 0.5) is 11.5 Å². The molecule has 0 unspecified atom stereocenters. The van der Waals surface area contributed by atoms with Crippen molar-refractivity contribution in [1.29, 1.82) is 0 Å². The highest BCUT2D eigenvalue weighted by Gasteiger charge is 2.33. The Bertz CT molecular complexity index is 1420. The van der Waals surface area contributed by atoms with Crippen LogP contribution in [0, 0.1) is 0 Å². The van der Waals surface area contributed by atoms with E-state index in [-0.39, 0.29) is 17.2 Å². The van der Waals surface area contributed by atoms with Gasteiger partial charge in [0.1, 0.15) is 11.5 Å². The van der Waals surface area contributed by atoms with Crippen LogP contribution >= 0.6 is 0 Å². The molecule has 4 aromatic rings. The Labute approximate surface area is 203 Å². The normalized spacial score (nSPS) is 14.4. The molecule has 0 fully saturated rings. The molecule has 3 N–H and O–H groups in total. The van der Waals surface area contributed by atoms with Gasteiger partial charge in [0, 0.05) is 61.6 Å². The number of rotatable bonds is 5. The maximum atomic E-state index is 13.2. The highest BCUT2D eigenvalue weighted by atomic mass is 16.2. The van der Waals surface area contributed by atoms with Crippen LogP contribution in [0.3, 0.4) is 0 Å². The minimum atomic E-state index is -0.249. The van der Waals surface area contributed by atoms with Crippen LogP contribution in [0.1, 0.15) is 47.8 Å². The van der Waals surface area contributed by atoms with Gasteiger partial charge >= 0.3 is 0 Å². The van der Waals surface area contributed by atoms with Gasteiger partial charge in [0.2, 0.25) is 5.91 Å². The Kier molecular flexibility index (Phi) is 5.72. The van der Waals surface area contributed by atoms with Gasteiger partial charge in [-0.05, 0) is 53.1 Å². The second kappa shape index (κ2) is 8.87. The van der Waals surface area contributed by atoms with Crippen LogP contribution < -0.4 is 10.6 Å². The van der Waals surface area contributed by atoms with Crippen molar-refractivity contribution in [2.24, 2.45) is 0 Å². The number of anilines is 2. The van der Waals surface area contributed by atoms with Crippen molar-refractivity contribution in [3.8, 4) is 0 Å². The van der Waals surface area contributed by atoms with Crippen LogP contribution in [0.25, 0.3) is 11.0 Å². The number of aromatic amines is 1. The predicted octanol–water partition coefficient (Wildman–Crippen LogP) is 4.46. The zero-order valence-electron chi connectivity index (χ0n) is 20.1. The fourth-order valence-electron chi connectivity index (χ4n) is 4.79. The van der Waals surface area contributed by atoms with Crippen molar-refractivity contribution in [2.45, 2.75) is 39.3 Å². The van der Waals surface area contributed by atoms with Crippen molar-refractivity contribution < 1.29 is 9.59 Å². The van der Waals surface area contributed by atoms with E-state index < -0.39 is 0 Å². The van der Waals surface area contributed by atoms with E-state index in [0.29, 0.717) is 36.7 Å². The van der Waals surface area contributed by atoms with E-state index >= 15 is 0 Å². The lowest BCUT2D eigenvalue weighted by Gasteiger charge is -2.39. The van der Waals surface area contributed by atoms with Crippen molar-refractivity contribution in [2.75, 3.05) is 17.2 Å². The molecule has 0 atom stereocenters. The van der Waals surface area contributed by atoms with E-state index in [0.717, 1.165) is 22.2 Å². The van der Waals surface area contributed by atoms with Crippen LogP contribution in [-0.2, 0) is 23.3 Å². The smallest absolute Gasteiger partial charge is 0.259 e. The van der Waals surface area contributed by atoms with E-state index in [1.54, 1.807) is 31.5 Å². The second-order valence-corrected chi connectivity index (χ2v) is 9.55. The summed E-state index contributed by atoms with van der Waals surface area (Å²) in [4.78, 5) is 38.9. The van der Waals surface area contributed by atoms with Gasteiger partial charge in [-0.25, -0.2) is 9.97 Å². The molecule has 8 nitrogen and oxygen atoms in total. The minimum Gasteiger partial charge on any atom is -0.365 e. The number of pyridine rings is 2. The summed E-state index contributed by atoms with van der Waals surface area (Å²) in [5.41, 5.74) is 5.11. The van der Waals surface area contributed by atoms with Gasteiger partial charge in [0.25, 0.3) is 5.91 Å². The lowest BCUT2D eigenvalue weighted by Crippen LogP contribution is -2.44. The molecular weight excluding hydrogens is 440 g/mol. The molecule has 0 saturated heterocycles. The fourth-order valence-corrected chi connectivity index (χ4v) is 4.79. The lowest BCUT2D eigenvalue weighted by atomic mass is 9.78. The maximum Gasteiger partial charge on any atom is 0.259 e. The summed E-state index contributed by atoms with van der Waals surface area (Å²) >= 11 is 0. The Morgan fingerprint density at radius 1 is 1.11 bits per heavy atom. The molecule has 1 aromatic carbocycles. The molecule has 1 aliphatic rings. The third kappa shape index (κ3) is 4.47. The number of benzene rings is 1. The fraction of sp³-hybridized carbons (Fsp3) is 0.259. The van der Waals surface area contributed by atoms with Crippen LogP contribution in [0.15, 0.2) is 61.1 Å². The number of nitrogens with zero attached hydrogens (tertiary/aromatic N) is 3. The minimum absolute atomic E-state index is 0.0513. The van der Waals surface area contributed by atoms with E-state index in [1.807, 2.05) is 35.4 Å².